The summed E-state index contributed by atoms with van der Waals surface area (Å²) in [5.41, 5.74) is 1.73. The van der Waals surface area contributed by atoms with E-state index in [0.29, 0.717) is 18.2 Å². The number of aryl methyl sites for hydroxylation is 1. The Kier molecular flexibility index (Phi) is 4.86. The first-order valence-corrected chi connectivity index (χ1v) is 8.10. The van der Waals surface area contributed by atoms with Gasteiger partial charge in [-0.3, -0.25) is 0 Å². The number of ether oxygens (including phenoxy) is 2. The van der Waals surface area contributed by atoms with Crippen LogP contribution in [0.25, 0.3) is 0 Å². The number of amides is 2. The van der Waals surface area contributed by atoms with Crippen LogP contribution >= 0.6 is 11.6 Å². The zero-order valence-corrected chi connectivity index (χ0v) is 13.4. The maximum atomic E-state index is 12.7. The number of carbonyl (C=O) groups excluding carboxylic acids is 1. The first-order valence-electron chi connectivity index (χ1n) is 7.72. The molecule has 1 unspecified atom stereocenters. The van der Waals surface area contributed by atoms with Crippen molar-refractivity contribution in [2.24, 2.45) is 0 Å². The van der Waals surface area contributed by atoms with Crippen LogP contribution < -0.4 is 5.32 Å². The van der Waals surface area contributed by atoms with Gasteiger partial charge in [0.2, 0.25) is 0 Å². The minimum atomic E-state index is -0.300. The van der Waals surface area contributed by atoms with Crippen LogP contribution in [0, 0.1) is 6.92 Å². The van der Waals surface area contributed by atoms with E-state index in [-0.39, 0.29) is 18.4 Å². The fraction of sp³-hybridized carbons (Fsp3) is 0.562. The van der Waals surface area contributed by atoms with E-state index in [1.165, 1.54) is 0 Å². The molecule has 2 heterocycles. The van der Waals surface area contributed by atoms with Gasteiger partial charge >= 0.3 is 6.03 Å². The van der Waals surface area contributed by atoms with Gasteiger partial charge < -0.3 is 19.7 Å². The summed E-state index contributed by atoms with van der Waals surface area (Å²) in [5.74, 6) is 0. The summed E-state index contributed by atoms with van der Waals surface area (Å²) in [7, 11) is 0. The van der Waals surface area contributed by atoms with Crippen molar-refractivity contribution < 1.29 is 14.3 Å². The van der Waals surface area contributed by atoms with Gasteiger partial charge in [0.15, 0.2) is 6.29 Å². The summed E-state index contributed by atoms with van der Waals surface area (Å²) in [6, 6.07) is 5.35. The second-order valence-corrected chi connectivity index (χ2v) is 6.19. The number of anilines is 1. The smallest absolute Gasteiger partial charge is 0.322 e. The molecule has 0 radical (unpaired) electrons. The van der Waals surface area contributed by atoms with Crippen LogP contribution in [0.4, 0.5) is 10.5 Å². The lowest BCUT2D eigenvalue weighted by Gasteiger charge is -2.37. The molecular formula is C16H21ClN2O3. The molecule has 120 valence electrons. The largest absolute Gasteiger partial charge is 0.348 e. The van der Waals surface area contributed by atoms with Crippen molar-refractivity contribution in [3.63, 3.8) is 0 Å². The molecule has 3 rings (SSSR count). The van der Waals surface area contributed by atoms with Gasteiger partial charge in [0, 0.05) is 17.3 Å². The number of halogens is 1. The third kappa shape index (κ3) is 3.37. The van der Waals surface area contributed by atoms with E-state index >= 15 is 0 Å². The first-order chi connectivity index (χ1) is 10.6. The lowest BCUT2D eigenvalue weighted by molar-refractivity contribution is -0.0973. The Morgan fingerprint density at radius 1 is 1.32 bits per heavy atom. The fourth-order valence-corrected chi connectivity index (χ4v) is 3.18. The molecule has 0 aromatic heterocycles. The van der Waals surface area contributed by atoms with E-state index in [1.54, 1.807) is 6.07 Å². The third-order valence-electron chi connectivity index (χ3n) is 4.21. The van der Waals surface area contributed by atoms with Gasteiger partial charge in [0.05, 0.1) is 19.3 Å². The Morgan fingerprint density at radius 2 is 2.09 bits per heavy atom. The number of carbonyl (C=O) groups is 1. The second kappa shape index (κ2) is 6.86. The van der Waals surface area contributed by atoms with E-state index in [9.17, 15) is 4.79 Å². The topological polar surface area (TPSA) is 50.8 Å². The van der Waals surface area contributed by atoms with Gasteiger partial charge in [0.1, 0.15) is 0 Å². The highest BCUT2D eigenvalue weighted by Crippen LogP contribution is 2.26. The zero-order valence-electron chi connectivity index (χ0n) is 12.7. The highest BCUT2D eigenvalue weighted by molar-refractivity contribution is 6.31. The first kappa shape index (κ1) is 15.6. The molecule has 1 atom stereocenters. The van der Waals surface area contributed by atoms with E-state index in [1.807, 2.05) is 24.0 Å². The average Bonchev–Trinajstić information content (AvgIpc) is 3.05. The Labute approximate surface area is 135 Å². The van der Waals surface area contributed by atoms with Gasteiger partial charge in [-0.2, -0.15) is 0 Å². The number of piperidine rings is 1. The molecule has 2 amide bonds. The third-order valence-corrected chi connectivity index (χ3v) is 4.45. The second-order valence-electron chi connectivity index (χ2n) is 5.76. The summed E-state index contributed by atoms with van der Waals surface area (Å²) in [6.07, 6.45) is 2.71. The average molecular weight is 325 g/mol. The predicted molar refractivity (Wildman–Crippen MR) is 85.2 cm³/mol. The van der Waals surface area contributed by atoms with Crippen LogP contribution in [0.5, 0.6) is 0 Å². The number of nitrogens with zero attached hydrogens (tertiary/aromatic N) is 1. The molecule has 5 nitrogen and oxygen atoms in total. The molecule has 1 aromatic rings. The van der Waals surface area contributed by atoms with Crippen LogP contribution in [0.3, 0.4) is 0 Å². The zero-order chi connectivity index (χ0) is 15.5. The normalized spacial score (nSPS) is 22.8. The number of nitrogens with one attached hydrogen (secondary N) is 1. The van der Waals surface area contributed by atoms with Crippen molar-refractivity contribution in [2.45, 2.75) is 38.5 Å². The van der Waals surface area contributed by atoms with E-state index in [4.69, 9.17) is 21.1 Å². The van der Waals surface area contributed by atoms with Gasteiger partial charge in [-0.05, 0) is 43.9 Å². The lowest BCUT2D eigenvalue weighted by atomic mass is 10.0. The highest BCUT2D eigenvalue weighted by Gasteiger charge is 2.36. The van der Waals surface area contributed by atoms with Gasteiger partial charge in [-0.25, -0.2) is 4.79 Å². The molecule has 0 saturated carbocycles. The summed E-state index contributed by atoms with van der Waals surface area (Å²) in [4.78, 5) is 14.5. The molecule has 2 saturated heterocycles. The molecule has 2 fully saturated rings. The van der Waals surface area contributed by atoms with Crippen LogP contribution in [0.1, 0.15) is 24.8 Å². The molecule has 2 aliphatic rings. The Hall–Kier alpha value is -1.30. The van der Waals surface area contributed by atoms with Crippen molar-refractivity contribution in [1.82, 2.24) is 4.90 Å². The number of benzene rings is 1. The van der Waals surface area contributed by atoms with E-state index in [2.05, 4.69) is 5.32 Å². The Balaban J connectivity index is 1.72. The molecular weight excluding hydrogens is 304 g/mol. The van der Waals surface area contributed by atoms with Crippen molar-refractivity contribution in [1.29, 1.82) is 0 Å². The van der Waals surface area contributed by atoms with Gasteiger partial charge in [0.25, 0.3) is 0 Å². The lowest BCUT2D eigenvalue weighted by Crippen LogP contribution is -2.51. The number of hydrogen-bond acceptors (Lipinski definition) is 3. The molecule has 6 heteroatoms. The number of urea groups is 1. The van der Waals surface area contributed by atoms with Crippen molar-refractivity contribution >= 4 is 23.3 Å². The highest BCUT2D eigenvalue weighted by atomic mass is 35.5. The van der Waals surface area contributed by atoms with Gasteiger partial charge in [-0.1, -0.05) is 17.7 Å². The summed E-state index contributed by atoms with van der Waals surface area (Å²) < 4.78 is 11.2. The molecule has 0 bridgehead atoms. The van der Waals surface area contributed by atoms with Gasteiger partial charge in [-0.15, -0.1) is 0 Å². The minimum Gasteiger partial charge on any atom is -0.348 e. The molecule has 0 aliphatic carbocycles. The molecule has 22 heavy (non-hydrogen) atoms. The molecule has 1 aromatic carbocycles. The Morgan fingerprint density at radius 3 is 2.86 bits per heavy atom. The van der Waals surface area contributed by atoms with Crippen LogP contribution in [-0.2, 0) is 9.47 Å². The fourth-order valence-electron chi connectivity index (χ4n) is 3.01. The van der Waals surface area contributed by atoms with Crippen molar-refractivity contribution in [2.75, 3.05) is 25.1 Å². The minimum absolute atomic E-state index is 0.0178. The maximum absolute atomic E-state index is 12.7. The molecule has 0 spiro atoms. The van der Waals surface area contributed by atoms with Crippen LogP contribution in [0.2, 0.25) is 5.02 Å². The number of rotatable bonds is 2. The number of likely N-dealkylation sites (tertiary alicyclic amines) is 1. The molecule has 2 aliphatic heterocycles. The number of hydrogen-bond donors (Lipinski definition) is 1. The monoisotopic (exact) mass is 324 g/mol. The predicted octanol–water partition coefficient (Wildman–Crippen LogP) is 3.41. The maximum Gasteiger partial charge on any atom is 0.322 e. The van der Waals surface area contributed by atoms with Crippen molar-refractivity contribution in [3.8, 4) is 0 Å². The quantitative estimate of drug-likeness (QED) is 0.907. The van der Waals surface area contributed by atoms with E-state index < -0.39 is 0 Å². The standard InChI is InChI=1S/C16H21ClN2O3/c1-11-5-6-12(17)10-13(11)18-16(20)19-7-3-2-4-14(19)15-21-8-9-22-15/h5-6,10,14-15H,2-4,7-9H2,1H3,(H,18,20). The molecule has 1 N–H and O–H groups in total. The van der Waals surface area contributed by atoms with Crippen LogP contribution in [-0.4, -0.2) is 43.0 Å². The van der Waals surface area contributed by atoms with Crippen molar-refractivity contribution in [3.05, 3.63) is 28.8 Å². The Bertz CT molecular complexity index is 546. The summed E-state index contributed by atoms with van der Waals surface area (Å²) in [6.45, 7) is 3.87. The summed E-state index contributed by atoms with van der Waals surface area (Å²) in [5, 5.41) is 3.58. The SMILES string of the molecule is Cc1ccc(Cl)cc1NC(=O)N1CCCCC1C1OCCO1. The van der Waals surface area contributed by atoms with Crippen LogP contribution in [0.15, 0.2) is 18.2 Å². The summed E-state index contributed by atoms with van der Waals surface area (Å²) >= 11 is 6.01. The van der Waals surface area contributed by atoms with E-state index in [0.717, 1.165) is 37.1 Å².